The third-order valence-corrected chi connectivity index (χ3v) is 7.30. The largest absolute Gasteiger partial charge is 1.00 e. The molecule has 2 N–H and O–H groups in total. The minimum Gasteiger partial charge on any atom is -0.870 e. The van der Waals surface area contributed by atoms with Gasteiger partial charge in [-0.1, -0.05) is 66.2 Å². The van der Waals surface area contributed by atoms with E-state index in [9.17, 15) is 22.9 Å². The van der Waals surface area contributed by atoms with Gasteiger partial charge in [-0.25, -0.2) is 0 Å². The fourth-order valence-corrected chi connectivity index (χ4v) is 5.20. The van der Waals surface area contributed by atoms with Gasteiger partial charge in [-0.2, -0.15) is 13.5 Å². The van der Waals surface area contributed by atoms with E-state index in [4.69, 9.17) is 27.9 Å². The molecule has 0 aliphatic carbocycles. The van der Waals surface area contributed by atoms with E-state index >= 15 is 0 Å². The van der Waals surface area contributed by atoms with Crippen LogP contribution >= 0.6 is 23.2 Å². The number of rotatable bonds is 7. The zero-order valence-electron chi connectivity index (χ0n) is 21.0. The summed E-state index contributed by atoms with van der Waals surface area (Å²) in [4.78, 5) is 12.7. The van der Waals surface area contributed by atoms with Crippen molar-refractivity contribution < 1.29 is 57.2 Å². The van der Waals surface area contributed by atoms with Gasteiger partial charge in [0.25, 0.3) is 16.0 Å². The van der Waals surface area contributed by atoms with Crippen LogP contribution < -0.4 is 44.7 Å². The van der Waals surface area contributed by atoms with Crippen molar-refractivity contribution in [3.8, 4) is 11.5 Å². The van der Waals surface area contributed by atoms with Crippen LogP contribution in [0, 0.1) is 0 Å². The van der Waals surface area contributed by atoms with Gasteiger partial charge in [-0.05, 0) is 41.6 Å². The molecule has 4 rings (SSSR count). The number of nitrogens with one attached hydrogen (secondary N) is 1. The minimum atomic E-state index is -4.72. The number of methoxy groups -OCH3 is 1. The van der Waals surface area contributed by atoms with Gasteiger partial charge in [0.15, 0.2) is 0 Å². The van der Waals surface area contributed by atoms with Crippen molar-refractivity contribution >= 4 is 67.1 Å². The maximum atomic E-state index is 13.5. The summed E-state index contributed by atoms with van der Waals surface area (Å²) in [6, 6.07) is 15.6. The number of aryl methyl sites for hydroxylation is 1. The van der Waals surface area contributed by atoms with Crippen LogP contribution in [0.4, 0.5) is 17.1 Å². The molecule has 39 heavy (non-hydrogen) atoms. The third kappa shape index (κ3) is 6.55. The number of hydrogen-bond donors (Lipinski definition) is 2. The quantitative estimate of drug-likeness (QED) is 0.189. The number of halogens is 2. The number of carbonyl (C=O) groups excluding carboxylic acids is 1. The Morgan fingerprint density at radius 1 is 1.03 bits per heavy atom. The van der Waals surface area contributed by atoms with E-state index in [0.29, 0.717) is 16.5 Å². The number of benzene rings is 4. The maximum absolute atomic E-state index is 13.5. The van der Waals surface area contributed by atoms with Crippen LogP contribution in [0.5, 0.6) is 11.5 Å². The first-order valence-electron chi connectivity index (χ1n) is 11.1. The van der Waals surface area contributed by atoms with E-state index in [-0.39, 0.29) is 74.2 Å². The van der Waals surface area contributed by atoms with Crippen LogP contribution in [-0.2, 0) is 16.5 Å². The maximum Gasteiger partial charge on any atom is 1.00 e. The summed E-state index contributed by atoms with van der Waals surface area (Å²) >= 11 is 12.4. The molecule has 13 heteroatoms. The predicted molar refractivity (Wildman–Crippen MR) is 144 cm³/mol. The fourth-order valence-electron chi connectivity index (χ4n) is 3.84. The average molecular weight is 596 g/mol. The number of anilines is 1. The van der Waals surface area contributed by atoms with Crippen molar-refractivity contribution in [3.63, 3.8) is 0 Å². The van der Waals surface area contributed by atoms with Gasteiger partial charge < -0.3 is 15.2 Å². The molecule has 0 saturated heterocycles. The SMILES string of the molecule is CCc1ccc(Cl)c(N=Nc2c([O-])c(C(=O)Nc3cc(OC)ccc3Cl)cc3ccccc23)c1S(=O)(=O)O.[Na+]. The standard InChI is InChI=1S/C26H21Cl2N3O6S.Na/c1-3-14-8-10-20(28)23(25(14)38(34,35)36)31-30-22-17-7-5-4-6-15(17)12-18(24(22)32)26(33)29-21-13-16(37-2)9-11-19(21)27;/h4-13,32H,3H2,1-2H3,(H,29,33)(H,34,35,36);/q;+1/p-1. The van der Waals surface area contributed by atoms with Gasteiger partial charge in [0.2, 0.25) is 0 Å². The molecule has 1 amide bonds. The molecule has 0 aliphatic rings. The first kappa shape index (κ1) is 30.8. The van der Waals surface area contributed by atoms with Crippen molar-refractivity contribution in [1.82, 2.24) is 0 Å². The van der Waals surface area contributed by atoms with Gasteiger partial charge in [0, 0.05) is 17.0 Å². The number of azo groups is 1. The van der Waals surface area contributed by atoms with Crippen molar-refractivity contribution in [2.75, 3.05) is 12.4 Å². The molecule has 0 radical (unpaired) electrons. The summed E-state index contributed by atoms with van der Waals surface area (Å²) < 4.78 is 39.2. The second-order valence-corrected chi connectivity index (χ2v) is 10.2. The molecule has 0 aliphatic heterocycles. The average Bonchev–Trinajstić information content (AvgIpc) is 2.88. The zero-order valence-corrected chi connectivity index (χ0v) is 25.4. The van der Waals surface area contributed by atoms with E-state index in [1.807, 2.05) is 0 Å². The Morgan fingerprint density at radius 2 is 1.69 bits per heavy atom. The molecule has 4 aromatic carbocycles. The summed E-state index contributed by atoms with van der Waals surface area (Å²) in [5.41, 5.74) is -0.298. The first-order valence-corrected chi connectivity index (χ1v) is 13.3. The van der Waals surface area contributed by atoms with Crippen LogP contribution in [0.1, 0.15) is 22.8 Å². The molecule has 0 atom stereocenters. The molecular formula is C26H20Cl2N3NaO6S. The third-order valence-electron chi connectivity index (χ3n) is 5.69. The van der Waals surface area contributed by atoms with Gasteiger partial charge in [-0.15, -0.1) is 5.11 Å². The van der Waals surface area contributed by atoms with Crippen molar-refractivity contribution in [1.29, 1.82) is 0 Å². The molecule has 0 spiro atoms. The molecule has 4 aromatic rings. The van der Waals surface area contributed by atoms with Crippen LogP contribution in [0.2, 0.25) is 10.0 Å². The second kappa shape index (κ2) is 12.6. The number of carbonyl (C=O) groups is 1. The number of amides is 1. The van der Waals surface area contributed by atoms with Gasteiger partial charge >= 0.3 is 29.6 Å². The Kier molecular flexibility index (Phi) is 10.0. The molecule has 0 unspecified atom stereocenters. The summed E-state index contributed by atoms with van der Waals surface area (Å²) in [6.07, 6.45) is 0.257. The molecule has 0 bridgehead atoms. The van der Waals surface area contributed by atoms with E-state index in [1.54, 1.807) is 37.3 Å². The number of ether oxygens (including phenoxy) is 1. The topological polar surface area (TPSA) is 140 Å². The molecule has 0 heterocycles. The Balaban J connectivity index is 0.00000420. The number of hydrogen-bond acceptors (Lipinski definition) is 7. The van der Waals surface area contributed by atoms with Gasteiger partial charge in [0.1, 0.15) is 16.3 Å². The molecular weight excluding hydrogens is 576 g/mol. The van der Waals surface area contributed by atoms with E-state index < -0.39 is 26.7 Å². The Morgan fingerprint density at radius 3 is 2.36 bits per heavy atom. The summed E-state index contributed by atoms with van der Waals surface area (Å²) in [5, 5.41) is 25.1. The molecule has 0 aromatic heterocycles. The Bertz CT molecular complexity index is 1710. The smallest absolute Gasteiger partial charge is 0.870 e. The van der Waals surface area contributed by atoms with Crippen molar-refractivity contribution in [3.05, 3.63) is 81.8 Å². The van der Waals surface area contributed by atoms with E-state index in [2.05, 4.69) is 15.5 Å². The van der Waals surface area contributed by atoms with Gasteiger partial charge in [-0.3, -0.25) is 9.35 Å². The summed E-state index contributed by atoms with van der Waals surface area (Å²) in [5.74, 6) is -1.07. The molecule has 196 valence electrons. The van der Waals surface area contributed by atoms with E-state index in [1.165, 1.54) is 37.4 Å². The monoisotopic (exact) mass is 595 g/mol. The van der Waals surface area contributed by atoms with Crippen LogP contribution in [0.15, 0.2) is 75.8 Å². The number of fused-ring (bicyclic) bond motifs is 1. The van der Waals surface area contributed by atoms with Crippen LogP contribution in [-0.4, -0.2) is 26.0 Å². The summed E-state index contributed by atoms with van der Waals surface area (Å²) in [6.45, 7) is 1.69. The van der Waals surface area contributed by atoms with Crippen LogP contribution in [0.25, 0.3) is 10.8 Å². The number of nitrogens with zero attached hydrogens (tertiary/aromatic N) is 2. The van der Waals surface area contributed by atoms with Crippen molar-refractivity contribution in [2.24, 2.45) is 10.2 Å². The molecule has 9 nitrogen and oxygen atoms in total. The fraction of sp³-hybridized carbons (Fsp3) is 0.115. The van der Waals surface area contributed by atoms with Crippen molar-refractivity contribution in [2.45, 2.75) is 18.2 Å². The Labute approximate surface area is 256 Å². The Hall–Kier alpha value is -2.70. The van der Waals surface area contributed by atoms with Gasteiger partial charge in [0.05, 0.1) is 28.5 Å². The molecule has 0 saturated carbocycles. The molecule has 0 fully saturated rings. The van der Waals surface area contributed by atoms with Crippen LogP contribution in [0.3, 0.4) is 0 Å². The normalized spacial score (nSPS) is 11.4. The first-order chi connectivity index (χ1) is 18.0. The second-order valence-electron chi connectivity index (χ2n) is 8.04. The predicted octanol–water partition coefficient (Wildman–Crippen LogP) is 3.71. The minimum absolute atomic E-state index is 0. The summed E-state index contributed by atoms with van der Waals surface area (Å²) in [7, 11) is -3.27. The zero-order chi connectivity index (χ0) is 27.6. The van der Waals surface area contributed by atoms with E-state index in [0.717, 1.165) is 0 Å².